The molecule has 3 N–H and O–H groups in total. The summed E-state index contributed by atoms with van der Waals surface area (Å²) in [5, 5.41) is 17.0. The lowest BCUT2D eigenvalue weighted by Crippen LogP contribution is -2.44. The third-order valence-electron chi connectivity index (χ3n) is 3.55. The topological polar surface area (TPSA) is 93.1 Å². The van der Waals surface area contributed by atoms with Crippen molar-refractivity contribution >= 4 is 11.9 Å². The first-order chi connectivity index (χ1) is 10.5. The number of piperazine rings is 1. The molecular formula is C15H23N3O4. The number of hydrogen-bond donors (Lipinski definition) is 3. The van der Waals surface area contributed by atoms with E-state index in [2.05, 4.69) is 23.8 Å². The van der Waals surface area contributed by atoms with Gasteiger partial charge in [0, 0.05) is 26.2 Å². The van der Waals surface area contributed by atoms with Crippen LogP contribution in [0.25, 0.3) is 0 Å². The Labute approximate surface area is 130 Å². The SMILES string of the molecule is CCN1CCN(C)CC1.O=C(O)c1ccccc1C(=O)NO. The second kappa shape index (κ2) is 9.14. The van der Waals surface area contributed by atoms with E-state index in [0.29, 0.717) is 0 Å². The van der Waals surface area contributed by atoms with Gasteiger partial charge in [-0.15, -0.1) is 0 Å². The van der Waals surface area contributed by atoms with Crippen LogP contribution in [0.5, 0.6) is 0 Å². The predicted molar refractivity (Wildman–Crippen MR) is 82.3 cm³/mol. The molecule has 1 aliphatic rings. The third kappa shape index (κ3) is 5.44. The van der Waals surface area contributed by atoms with Gasteiger partial charge in [-0.05, 0) is 25.7 Å². The number of carboxylic acid groups (broad SMARTS) is 1. The summed E-state index contributed by atoms with van der Waals surface area (Å²) in [6.45, 7) is 8.45. The number of carbonyl (C=O) groups excluding carboxylic acids is 1. The highest BCUT2D eigenvalue weighted by atomic mass is 16.5. The third-order valence-corrected chi connectivity index (χ3v) is 3.55. The highest BCUT2D eigenvalue weighted by Gasteiger charge is 2.14. The molecule has 0 bridgehead atoms. The first-order valence-corrected chi connectivity index (χ1v) is 7.17. The minimum Gasteiger partial charge on any atom is -0.478 e. The van der Waals surface area contributed by atoms with Crippen molar-refractivity contribution < 1.29 is 19.9 Å². The number of nitrogens with zero attached hydrogens (tertiary/aromatic N) is 2. The van der Waals surface area contributed by atoms with Crippen LogP contribution < -0.4 is 5.48 Å². The van der Waals surface area contributed by atoms with E-state index in [4.69, 9.17) is 10.3 Å². The lowest BCUT2D eigenvalue weighted by molar-refractivity contribution is 0.0662. The number of amides is 1. The van der Waals surface area contributed by atoms with Crippen LogP contribution in [-0.2, 0) is 0 Å². The molecule has 7 nitrogen and oxygen atoms in total. The smallest absolute Gasteiger partial charge is 0.336 e. The zero-order valence-corrected chi connectivity index (χ0v) is 13.0. The number of aromatic carboxylic acids is 1. The van der Waals surface area contributed by atoms with E-state index >= 15 is 0 Å². The Morgan fingerprint density at radius 1 is 1.14 bits per heavy atom. The molecule has 1 saturated heterocycles. The van der Waals surface area contributed by atoms with E-state index in [0.717, 1.165) is 0 Å². The van der Waals surface area contributed by atoms with Gasteiger partial charge in [0.2, 0.25) is 0 Å². The monoisotopic (exact) mass is 309 g/mol. The van der Waals surface area contributed by atoms with Gasteiger partial charge in [0.15, 0.2) is 0 Å². The van der Waals surface area contributed by atoms with Crippen LogP contribution in [0, 0.1) is 0 Å². The predicted octanol–water partition coefficient (Wildman–Crippen LogP) is 0.758. The number of hydrogen-bond acceptors (Lipinski definition) is 5. The number of carboxylic acids is 1. The molecule has 1 aromatic rings. The van der Waals surface area contributed by atoms with E-state index in [9.17, 15) is 9.59 Å². The summed E-state index contributed by atoms with van der Waals surface area (Å²) in [7, 11) is 2.19. The van der Waals surface area contributed by atoms with Crippen molar-refractivity contribution in [3.63, 3.8) is 0 Å². The average Bonchev–Trinajstić information content (AvgIpc) is 2.55. The number of likely N-dealkylation sites (N-methyl/N-ethyl adjacent to an activating group) is 2. The maximum atomic E-state index is 10.9. The molecule has 1 fully saturated rings. The van der Waals surface area contributed by atoms with Gasteiger partial charge < -0.3 is 14.9 Å². The van der Waals surface area contributed by atoms with Gasteiger partial charge in [0.25, 0.3) is 5.91 Å². The van der Waals surface area contributed by atoms with Crippen LogP contribution in [0.15, 0.2) is 24.3 Å². The molecule has 22 heavy (non-hydrogen) atoms. The maximum absolute atomic E-state index is 10.9. The Hall–Kier alpha value is -1.96. The van der Waals surface area contributed by atoms with E-state index in [-0.39, 0.29) is 11.1 Å². The van der Waals surface area contributed by atoms with Gasteiger partial charge >= 0.3 is 5.97 Å². The molecule has 7 heteroatoms. The maximum Gasteiger partial charge on any atom is 0.336 e. The van der Waals surface area contributed by atoms with E-state index in [1.807, 2.05) is 0 Å². The first kappa shape index (κ1) is 18.1. The van der Waals surface area contributed by atoms with Crippen LogP contribution >= 0.6 is 0 Å². The Morgan fingerprint density at radius 2 is 1.68 bits per heavy atom. The molecule has 1 heterocycles. The molecule has 0 aliphatic carbocycles. The van der Waals surface area contributed by atoms with Gasteiger partial charge in [-0.3, -0.25) is 10.0 Å². The van der Waals surface area contributed by atoms with Crippen LogP contribution in [0.4, 0.5) is 0 Å². The van der Waals surface area contributed by atoms with Crippen molar-refractivity contribution in [2.24, 2.45) is 0 Å². The molecule has 0 saturated carbocycles. The molecule has 0 spiro atoms. The molecule has 1 amide bonds. The van der Waals surface area contributed by atoms with Crippen molar-refractivity contribution in [3.8, 4) is 0 Å². The quantitative estimate of drug-likeness (QED) is 0.564. The summed E-state index contributed by atoms with van der Waals surface area (Å²) in [6.07, 6.45) is 0. The van der Waals surface area contributed by atoms with Crippen molar-refractivity contribution in [3.05, 3.63) is 35.4 Å². The van der Waals surface area contributed by atoms with Crippen LogP contribution in [-0.4, -0.2) is 71.8 Å². The Kier molecular flexibility index (Phi) is 7.51. The zero-order valence-electron chi connectivity index (χ0n) is 13.0. The van der Waals surface area contributed by atoms with E-state index in [1.165, 1.54) is 62.5 Å². The van der Waals surface area contributed by atoms with Gasteiger partial charge in [0.05, 0.1) is 11.1 Å². The minimum atomic E-state index is -1.21. The van der Waals surface area contributed by atoms with Crippen molar-refractivity contribution in [2.75, 3.05) is 39.8 Å². The molecule has 0 atom stereocenters. The molecule has 0 radical (unpaired) electrons. The van der Waals surface area contributed by atoms with Gasteiger partial charge in [-0.1, -0.05) is 19.1 Å². The summed E-state index contributed by atoms with van der Waals surface area (Å²) in [5.41, 5.74) is 1.16. The molecule has 1 aromatic carbocycles. The zero-order chi connectivity index (χ0) is 16.5. The number of hydroxylamine groups is 1. The van der Waals surface area contributed by atoms with Crippen LogP contribution in [0.2, 0.25) is 0 Å². The second-order valence-electron chi connectivity index (χ2n) is 5.03. The second-order valence-corrected chi connectivity index (χ2v) is 5.03. The van der Waals surface area contributed by atoms with Gasteiger partial charge in [0.1, 0.15) is 0 Å². The highest BCUT2D eigenvalue weighted by Crippen LogP contribution is 2.07. The van der Waals surface area contributed by atoms with Crippen molar-refractivity contribution in [1.29, 1.82) is 0 Å². The summed E-state index contributed by atoms with van der Waals surface area (Å²) in [6, 6.07) is 5.61. The van der Waals surface area contributed by atoms with E-state index < -0.39 is 11.9 Å². The molecular weight excluding hydrogens is 286 g/mol. The number of nitrogens with one attached hydrogen (secondary N) is 1. The Balaban J connectivity index is 0.000000235. The number of rotatable bonds is 3. The standard InChI is InChI=1S/C8H7NO4.C7H16N2/c10-7(9-13)5-3-1-2-4-6(5)8(11)12;1-3-9-6-4-8(2)5-7-9/h1-4,13H,(H,9,10)(H,11,12);3-7H2,1-2H3. The molecule has 122 valence electrons. The number of benzene rings is 1. The summed E-state index contributed by atoms with van der Waals surface area (Å²) >= 11 is 0. The lowest BCUT2D eigenvalue weighted by atomic mass is 10.1. The Bertz CT molecular complexity index is 499. The fraction of sp³-hybridized carbons (Fsp3) is 0.467. The van der Waals surface area contributed by atoms with E-state index in [1.54, 1.807) is 0 Å². The largest absolute Gasteiger partial charge is 0.478 e. The average molecular weight is 309 g/mol. The Morgan fingerprint density at radius 3 is 2.14 bits per heavy atom. The highest BCUT2D eigenvalue weighted by molar-refractivity contribution is 6.04. The van der Waals surface area contributed by atoms with Crippen molar-refractivity contribution in [2.45, 2.75) is 6.92 Å². The summed E-state index contributed by atoms with van der Waals surface area (Å²) in [4.78, 5) is 26.4. The van der Waals surface area contributed by atoms with Crippen LogP contribution in [0.1, 0.15) is 27.6 Å². The normalized spacial score (nSPS) is 15.6. The fourth-order valence-corrected chi connectivity index (χ4v) is 2.09. The minimum absolute atomic E-state index is 0.0718. The van der Waals surface area contributed by atoms with Crippen LogP contribution in [0.3, 0.4) is 0 Å². The van der Waals surface area contributed by atoms with Gasteiger partial charge in [-0.2, -0.15) is 0 Å². The summed E-state index contributed by atoms with van der Waals surface area (Å²) < 4.78 is 0. The molecule has 0 aromatic heterocycles. The van der Waals surface area contributed by atoms with Gasteiger partial charge in [-0.25, -0.2) is 10.3 Å². The molecule has 0 unspecified atom stereocenters. The lowest BCUT2D eigenvalue weighted by Gasteiger charge is -2.31. The fourth-order valence-electron chi connectivity index (χ4n) is 2.09. The molecule has 1 aliphatic heterocycles. The summed E-state index contributed by atoms with van der Waals surface area (Å²) in [5.74, 6) is -2.04. The first-order valence-electron chi connectivity index (χ1n) is 7.17. The molecule has 2 rings (SSSR count). The number of carbonyl (C=O) groups is 2. The van der Waals surface area contributed by atoms with Crippen molar-refractivity contribution in [1.82, 2.24) is 15.3 Å².